The van der Waals surface area contributed by atoms with Crippen molar-refractivity contribution in [3.63, 3.8) is 0 Å². The molecule has 0 spiro atoms. The molecule has 0 aliphatic carbocycles. The van der Waals surface area contributed by atoms with Crippen LogP contribution < -0.4 is 0 Å². The van der Waals surface area contributed by atoms with Crippen molar-refractivity contribution in [3.05, 3.63) is 106 Å². The first kappa shape index (κ1) is 20.3. The molecule has 0 atom stereocenters. The average molecular weight is 396 g/mol. The quantitative estimate of drug-likeness (QED) is 0.581. The molecule has 0 saturated heterocycles. The molecule has 0 unspecified atom stereocenters. The van der Waals surface area contributed by atoms with Gasteiger partial charge >= 0.3 is 11.9 Å². The summed E-state index contributed by atoms with van der Waals surface area (Å²) in [4.78, 5) is 24.2. The summed E-state index contributed by atoms with van der Waals surface area (Å²) in [6, 6.07) is 23.7. The van der Waals surface area contributed by atoms with Crippen LogP contribution in [0.5, 0.6) is 0 Å². The van der Waals surface area contributed by atoms with E-state index in [2.05, 4.69) is 0 Å². The van der Waals surface area contributed by atoms with Crippen LogP contribution in [0.25, 0.3) is 0 Å². The minimum atomic E-state index is -0.510. The largest absolute Gasteiger partial charge is 0.457 e. The normalized spacial score (nSPS) is 9.80. The van der Waals surface area contributed by atoms with Crippen molar-refractivity contribution < 1.29 is 19.1 Å². The van der Waals surface area contributed by atoms with Crippen molar-refractivity contribution in [2.45, 2.75) is 13.2 Å². The molecule has 30 heavy (non-hydrogen) atoms. The minimum Gasteiger partial charge on any atom is -0.457 e. The molecule has 0 aliphatic rings. The lowest BCUT2D eigenvalue weighted by molar-refractivity contribution is 0.0460. The first-order chi connectivity index (χ1) is 14.6. The van der Waals surface area contributed by atoms with Gasteiger partial charge in [-0.3, -0.25) is 0 Å². The van der Waals surface area contributed by atoms with Gasteiger partial charge in [-0.15, -0.1) is 0 Å². The molecule has 0 radical (unpaired) electrons. The third-order valence-electron chi connectivity index (χ3n) is 4.22. The van der Waals surface area contributed by atoms with Crippen LogP contribution in [0, 0.1) is 22.7 Å². The molecular weight excluding hydrogens is 380 g/mol. The van der Waals surface area contributed by atoms with Crippen LogP contribution in [-0.2, 0) is 22.7 Å². The second-order valence-electron chi connectivity index (χ2n) is 6.35. The number of carbonyl (C=O) groups excluding carboxylic acids is 2. The summed E-state index contributed by atoms with van der Waals surface area (Å²) in [5.41, 5.74) is 2.97. The van der Waals surface area contributed by atoms with Crippen molar-refractivity contribution in [2.75, 3.05) is 0 Å². The zero-order valence-corrected chi connectivity index (χ0v) is 15.9. The van der Waals surface area contributed by atoms with Crippen molar-refractivity contribution >= 4 is 11.9 Å². The van der Waals surface area contributed by atoms with Gasteiger partial charge in [0.25, 0.3) is 0 Å². The Balaban J connectivity index is 1.52. The van der Waals surface area contributed by atoms with E-state index in [1.807, 2.05) is 12.1 Å². The van der Waals surface area contributed by atoms with Crippen molar-refractivity contribution in [1.82, 2.24) is 0 Å². The molecular formula is C24H16N2O4. The lowest BCUT2D eigenvalue weighted by Gasteiger charge is -2.08. The van der Waals surface area contributed by atoms with Gasteiger partial charge in [-0.2, -0.15) is 10.5 Å². The van der Waals surface area contributed by atoms with Crippen molar-refractivity contribution in [1.29, 1.82) is 10.5 Å². The summed E-state index contributed by atoms with van der Waals surface area (Å²) < 4.78 is 10.5. The summed E-state index contributed by atoms with van der Waals surface area (Å²) in [6.07, 6.45) is 0. The van der Waals surface area contributed by atoms with Gasteiger partial charge in [-0.05, 0) is 47.5 Å². The van der Waals surface area contributed by atoms with E-state index in [-0.39, 0.29) is 13.2 Å². The van der Waals surface area contributed by atoms with Crippen LogP contribution in [0.4, 0.5) is 0 Å². The van der Waals surface area contributed by atoms with Gasteiger partial charge in [0.05, 0.1) is 34.4 Å². The van der Waals surface area contributed by atoms with Crippen LogP contribution >= 0.6 is 0 Å². The molecule has 0 fully saturated rings. The Kier molecular flexibility index (Phi) is 6.55. The maximum absolute atomic E-state index is 12.1. The van der Waals surface area contributed by atoms with E-state index in [4.69, 9.17) is 20.0 Å². The lowest BCUT2D eigenvalue weighted by atomic mass is 10.1. The highest BCUT2D eigenvalue weighted by molar-refractivity contribution is 5.90. The summed E-state index contributed by atoms with van der Waals surface area (Å²) in [5, 5.41) is 17.8. The molecule has 0 aliphatic heterocycles. The van der Waals surface area contributed by atoms with Crippen LogP contribution in [0.2, 0.25) is 0 Å². The maximum atomic E-state index is 12.1. The molecule has 3 rings (SSSR count). The highest BCUT2D eigenvalue weighted by Gasteiger charge is 2.10. The lowest BCUT2D eigenvalue weighted by Crippen LogP contribution is -2.06. The molecule has 146 valence electrons. The summed E-state index contributed by atoms with van der Waals surface area (Å²) in [5.74, 6) is -1.02. The number of hydrogen-bond acceptors (Lipinski definition) is 6. The zero-order chi connectivity index (χ0) is 21.3. The number of esters is 2. The Morgan fingerprint density at radius 3 is 1.43 bits per heavy atom. The molecule has 6 heteroatoms. The Labute approximate surface area is 173 Å². The van der Waals surface area contributed by atoms with Crippen LogP contribution in [0.3, 0.4) is 0 Å². The smallest absolute Gasteiger partial charge is 0.338 e. The third-order valence-corrected chi connectivity index (χ3v) is 4.22. The number of nitriles is 2. The second kappa shape index (κ2) is 9.68. The first-order valence-electron chi connectivity index (χ1n) is 9.01. The number of ether oxygens (including phenoxy) is 2. The van der Waals surface area contributed by atoms with E-state index in [0.717, 1.165) is 11.1 Å². The maximum Gasteiger partial charge on any atom is 0.338 e. The number of rotatable bonds is 6. The average Bonchev–Trinajstić information content (AvgIpc) is 2.81. The molecule has 0 amide bonds. The molecule has 0 bridgehead atoms. The molecule has 3 aromatic carbocycles. The summed E-state index contributed by atoms with van der Waals surface area (Å²) in [6.45, 7) is 0.160. The van der Waals surface area contributed by atoms with Gasteiger partial charge in [0.2, 0.25) is 0 Å². The monoisotopic (exact) mass is 396 g/mol. The van der Waals surface area contributed by atoms with Gasteiger partial charge in [0.1, 0.15) is 13.2 Å². The van der Waals surface area contributed by atoms with Crippen molar-refractivity contribution in [3.8, 4) is 12.1 Å². The fourth-order valence-electron chi connectivity index (χ4n) is 2.63. The SMILES string of the molecule is N#Cc1cccc(C(=O)OCc2ccc(COC(=O)c3cccc(C#N)c3)cc2)c1. The van der Waals surface area contributed by atoms with E-state index < -0.39 is 11.9 Å². The Bertz CT molecular complexity index is 1060. The fraction of sp³-hybridized carbons (Fsp3) is 0.0833. The molecule has 0 heterocycles. The topological polar surface area (TPSA) is 100 Å². The molecule has 0 N–H and O–H groups in total. The second-order valence-corrected chi connectivity index (χ2v) is 6.35. The molecule has 3 aromatic rings. The molecule has 0 saturated carbocycles. The fourth-order valence-corrected chi connectivity index (χ4v) is 2.63. The highest BCUT2D eigenvalue weighted by Crippen LogP contribution is 2.12. The number of hydrogen-bond donors (Lipinski definition) is 0. The number of benzene rings is 3. The van der Waals surface area contributed by atoms with E-state index in [0.29, 0.717) is 22.3 Å². The van der Waals surface area contributed by atoms with E-state index in [9.17, 15) is 9.59 Å². The van der Waals surface area contributed by atoms with Crippen molar-refractivity contribution in [2.24, 2.45) is 0 Å². The van der Waals surface area contributed by atoms with Gasteiger partial charge in [0.15, 0.2) is 0 Å². The van der Waals surface area contributed by atoms with E-state index >= 15 is 0 Å². The third kappa shape index (κ3) is 5.31. The predicted molar refractivity (Wildman–Crippen MR) is 107 cm³/mol. The Hall–Kier alpha value is -4.42. The number of carbonyl (C=O) groups is 2. The molecule has 0 aromatic heterocycles. The van der Waals surface area contributed by atoms with Gasteiger partial charge < -0.3 is 9.47 Å². The standard InChI is InChI=1S/C24H16N2O4/c25-13-19-3-1-5-21(11-19)23(27)29-15-17-7-9-18(10-8-17)16-30-24(28)22-6-2-4-20(12-22)14-26/h1-12H,15-16H2. The number of nitrogens with zero attached hydrogens (tertiary/aromatic N) is 2. The molecule has 6 nitrogen and oxygen atoms in total. The van der Waals surface area contributed by atoms with Crippen LogP contribution in [0.15, 0.2) is 72.8 Å². The predicted octanol–water partition coefficient (Wildman–Crippen LogP) is 4.14. The Morgan fingerprint density at radius 1 is 0.667 bits per heavy atom. The minimum absolute atomic E-state index is 0.0800. The van der Waals surface area contributed by atoms with Gasteiger partial charge in [0, 0.05) is 0 Å². The summed E-state index contributed by atoms with van der Waals surface area (Å²) in [7, 11) is 0. The van der Waals surface area contributed by atoms with Crippen LogP contribution in [-0.4, -0.2) is 11.9 Å². The van der Waals surface area contributed by atoms with Gasteiger partial charge in [-0.25, -0.2) is 9.59 Å². The summed E-state index contributed by atoms with van der Waals surface area (Å²) >= 11 is 0. The zero-order valence-electron chi connectivity index (χ0n) is 15.9. The first-order valence-corrected chi connectivity index (χ1v) is 9.01. The van der Waals surface area contributed by atoms with E-state index in [1.54, 1.807) is 60.7 Å². The van der Waals surface area contributed by atoms with Crippen LogP contribution in [0.1, 0.15) is 43.0 Å². The highest BCUT2D eigenvalue weighted by atomic mass is 16.5. The van der Waals surface area contributed by atoms with E-state index in [1.165, 1.54) is 12.1 Å². The van der Waals surface area contributed by atoms with Gasteiger partial charge in [-0.1, -0.05) is 36.4 Å². The Morgan fingerprint density at radius 2 is 1.07 bits per heavy atom.